The van der Waals surface area contributed by atoms with Crippen LogP contribution in [0.15, 0.2) is 72.8 Å². The predicted molar refractivity (Wildman–Crippen MR) is 138 cm³/mol. The number of nitrogens with zero attached hydrogens (tertiary/aromatic N) is 1. The fourth-order valence-corrected chi connectivity index (χ4v) is 4.57. The molecule has 0 aliphatic carbocycles. The van der Waals surface area contributed by atoms with Gasteiger partial charge in [-0.05, 0) is 54.8 Å². The number of aryl methyl sites for hydroxylation is 2. The molecule has 0 aliphatic rings. The highest BCUT2D eigenvalue weighted by molar-refractivity contribution is 7.19. The summed E-state index contributed by atoms with van der Waals surface area (Å²) in [4.78, 5) is 30.8. The number of nitrogens with one attached hydrogen (secondary N) is 1. The number of hydrogen-bond acceptors (Lipinski definition) is 5. The number of benzene rings is 3. The largest absolute Gasteiger partial charge is 0.497 e. The molecule has 5 nitrogen and oxygen atoms in total. The van der Waals surface area contributed by atoms with Crippen molar-refractivity contribution in [2.45, 2.75) is 26.7 Å². The minimum atomic E-state index is -0.234. The average molecular weight is 471 g/mol. The Hall–Kier alpha value is -3.77. The highest BCUT2D eigenvalue weighted by Gasteiger charge is 2.17. The highest BCUT2D eigenvalue weighted by atomic mass is 32.1. The number of aromatic nitrogens is 1. The van der Waals surface area contributed by atoms with Crippen molar-refractivity contribution in [2.75, 3.05) is 12.4 Å². The molecule has 1 aromatic heterocycles. The van der Waals surface area contributed by atoms with Crippen LogP contribution in [-0.2, 0) is 4.79 Å². The van der Waals surface area contributed by atoms with E-state index in [2.05, 4.69) is 37.4 Å². The van der Waals surface area contributed by atoms with Gasteiger partial charge in [0.05, 0.1) is 17.7 Å². The summed E-state index contributed by atoms with van der Waals surface area (Å²) in [6.07, 6.45) is 0.211. The zero-order valence-electron chi connectivity index (χ0n) is 19.4. The number of ether oxygens (including phenoxy) is 1. The molecule has 0 atom stereocenters. The van der Waals surface area contributed by atoms with Gasteiger partial charge in [0.25, 0.3) is 0 Å². The van der Waals surface area contributed by atoms with Gasteiger partial charge in [-0.25, -0.2) is 4.98 Å². The summed E-state index contributed by atoms with van der Waals surface area (Å²) < 4.78 is 5.12. The van der Waals surface area contributed by atoms with Gasteiger partial charge < -0.3 is 10.1 Å². The fraction of sp³-hybridized carbons (Fsp3) is 0.179. The van der Waals surface area contributed by atoms with Crippen molar-refractivity contribution in [3.8, 4) is 27.4 Å². The number of thiazole rings is 1. The summed E-state index contributed by atoms with van der Waals surface area (Å²) in [5.74, 6) is 0.367. The number of amides is 1. The van der Waals surface area contributed by atoms with Gasteiger partial charge in [0.15, 0.2) is 10.9 Å². The smallest absolute Gasteiger partial charge is 0.226 e. The molecular formula is C28H26N2O3S. The molecule has 4 aromatic rings. The Bertz CT molecular complexity index is 1310. The third-order valence-electron chi connectivity index (χ3n) is 5.68. The van der Waals surface area contributed by atoms with Gasteiger partial charge in [-0.2, -0.15) is 0 Å². The van der Waals surface area contributed by atoms with E-state index in [9.17, 15) is 9.59 Å². The molecule has 0 unspecified atom stereocenters. The maximum atomic E-state index is 12.6. The quantitative estimate of drug-likeness (QED) is 0.291. The lowest BCUT2D eigenvalue weighted by atomic mass is 10.0. The van der Waals surface area contributed by atoms with Crippen LogP contribution in [0.4, 0.5) is 5.13 Å². The number of Topliss-reactive ketones (excluding diaryl/α,β-unsaturated/α-hetero) is 1. The summed E-state index contributed by atoms with van der Waals surface area (Å²) in [7, 11) is 1.58. The molecule has 1 N–H and O–H groups in total. The second kappa shape index (κ2) is 10.4. The van der Waals surface area contributed by atoms with E-state index in [0.717, 1.165) is 21.7 Å². The first-order chi connectivity index (χ1) is 16.4. The Kier molecular flexibility index (Phi) is 7.18. The van der Waals surface area contributed by atoms with Crippen LogP contribution in [0.3, 0.4) is 0 Å². The molecule has 0 radical (unpaired) electrons. The third-order valence-corrected chi connectivity index (χ3v) is 6.70. The standard InChI is InChI=1S/C28H26N2O3S/c1-18-9-10-22(17-19(18)2)27-26(21-7-5-4-6-8-21)30-28(34-27)29-25(32)16-15-24(31)20-11-13-23(33-3)14-12-20/h4-14,17H,15-16H2,1-3H3,(H,29,30,32). The van der Waals surface area contributed by atoms with Crippen molar-refractivity contribution in [2.24, 2.45) is 0 Å². The van der Waals surface area contributed by atoms with Crippen LogP contribution in [0, 0.1) is 13.8 Å². The Morgan fingerprint density at radius 2 is 1.62 bits per heavy atom. The summed E-state index contributed by atoms with van der Waals surface area (Å²) in [6.45, 7) is 4.17. The lowest BCUT2D eigenvalue weighted by Gasteiger charge is -2.05. The van der Waals surface area contributed by atoms with Gasteiger partial charge in [-0.15, -0.1) is 0 Å². The number of rotatable bonds is 8. The first-order valence-corrected chi connectivity index (χ1v) is 11.9. The SMILES string of the molecule is COc1ccc(C(=O)CCC(=O)Nc2nc(-c3ccccc3)c(-c3ccc(C)c(C)c3)s2)cc1. The molecule has 3 aromatic carbocycles. The van der Waals surface area contributed by atoms with Crippen LogP contribution < -0.4 is 10.1 Å². The second-order valence-corrected chi connectivity index (χ2v) is 9.06. The second-order valence-electron chi connectivity index (χ2n) is 8.06. The van der Waals surface area contributed by atoms with Crippen LogP contribution >= 0.6 is 11.3 Å². The minimum absolute atomic E-state index is 0.0854. The average Bonchev–Trinajstić information content (AvgIpc) is 3.28. The number of anilines is 1. The molecule has 0 saturated carbocycles. The topological polar surface area (TPSA) is 68.3 Å². The third kappa shape index (κ3) is 5.41. The summed E-state index contributed by atoms with van der Waals surface area (Å²) in [5.41, 5.74) is 5.87. The Labute approximate surface area is 203 Å². The van der Waals surface area contributed by atoms with E-state index >= 15 is 0 Å². The highest BCUT2D eigenvalue weighted by Crippen LogP contribution is 2.39. The Morgan fingerprint density at radius 1 is 0.882 bits per heavy atom. The summed E-state index contributed by atoms with van der Waals surface area (Å²) in [6, 6.07) is 23.2. The first kappa shape index (κ1) is 23.4. The number of hydrogen-bond donors (Lipinski definition) is 1. The van der Waals surface area contributed by atoms with Crippen LogP contribution in [0.1, 0.15) is 34.3 Å². The number of ketones is 1. The molecular weight excluding hydrogens is 444 g/mol. The van der Waals surface area contributed by atoms with E-state index in [-0.39, 0.29) is 24.5 Å². The molecule has 6 heteroatoms. The number of carbonyl (C=O) groups is 2. The van der Waals surface area contributed by atoms with Crippen molar-refractivity contribution in [1.29, 1.82) is 0 Å². The van der Waals surface area contributed by atoms with Gasteiger partial charge in [0.1, 0.15) is 5.75 Å². The summed E-state index contributed by atoms with van der Waals surface area (Å²) >= 11 is 1.44. The Morgan fingerprint density at radius 3 is 2.29 bits per heavy atom. The fourth-order valence-electron chi connectivity index (χ4n) is 3.57. The zero-order chi connectivity index (χ0) is 24.1. The van der Waals surface area contributed by atoms with E-state index in [1.165, 1.54) is 22.5 Å². The normalized spacial score (nSPS) is 10.7. The molecule has 0 saturated heterocycles. The zero-order valence-corrected chi connectivity index (χ0v) is 20.2. The molecule has 0 aliphatic heterocycles. The minimum Gasteiger partial charge on any atom is -0.497 e. The molecule has 34 heavy (non-hydrogen) atoms. The molecule has 0 bridgehead atoms. The van der Waals surface area contributed by atoms with E-state index in [4.69, 9.17) is 9.72 Å². The van der Waals surface area contributed by atoms with E-state index < -0.39 is 0 Å². The van der Waals surface area contributed by atoms with Crippen LogP contribution in [-0.4, -0.2) is 23.8 Å². The van der Waals surface area contributed by atoms with Crippen LogP contribution in [0.25, 0.3) is 21.7 Å². The van der Waals surface area contributed by atoms with Gasteiger partial charge >= 0.3 is 0 Å². The van der Waals surface area contributed by atoms with E-state index in [1.54, 1.807) is 31.4 Å². The van der Waals surface area contributed by atoms with Gasteiger partial charge in [0.2, 0.25) is 5.91 Å². The van der Waals surface area contributed by atoms with Crippen LogP contribution in [0.5, 0.6) is 5.75 Å². The Balaban J connectivity index is 1.51. The van der Waals surface area contributed by atoms with Gasteiger partial charge in [0, 0.05) is 24.0 Å². The van der Waals surface area contributed by atoms with Gasteiger partial charge in [-0.1, -0.05) is 59.9 Å². The maximum absolute atomic E-state index is 12.6. The van der Waals surface area contributed by atoms with Crippen molar-refractivity contribution < 1.29 is 14.3 Å². The van der Waals surface area contributed by atoms with Crippen molar-refractivity contribution in [3.05, 3.63) is 89.5 Å². The molecule has 172 valence electrons. The molecule has 1 amide bonds. The predicted octanol–water partition coefficient (Wildman–Crippen LogP) is 6.70. The lowest BCUT2D eigenvalue weighted by Crippen LogP contribution is -2.13. The number of carbonyl (C=O) groups excluding carboxylic acids is 2. The van der Waals surface area contributed by atoms with E-state index in [1.807, 2.05) is 30.3 Å². The molecule has 4 rings (SSSR count). The molecule has 1 heterocycles. The van der Waals surface area contributed by atoms with Gasteiger partial charge in [-0.3, -0.25) is 9.59 Å². The number of methoxy groups -OCH3 is 1. The van der Waals surface area contributed by atoms with Crippen LogP contribution in [0.2, 0.25) is 0 Å². The molecule has 0 fully saturated rings. The van der Waals surface area contributed by atoms with Crippen molar-refractivity contribution >= 4 is 28.2 Å². The maximum Gasteiger partial charge on any atom is 0.226 e. The van der Waals surface area contributed by atoms with Crippen molar-refractivity contribution in [1.82, 2.24) is 4.98 Å². The monoisotopic (exact) mass is 470 g/mol. The molecule has 0 spiro atoms. The van der Waals surface area contributed by atoms with Crippen molar-refractivity contribution in [3.63, 3.8) is 0 Å². The lowest BCUT2D eigenvalue weighted by molar-refractivity contribution is -0.116. The van der Waals surface area contributed by atoms with E-state index in [0.29, 0.717) is 16.4 Å². The summed E-state index contributed by atoms with van der Waals surface area (Å²) in [5, 5.41) is 3.41. The first-order valence-electron chi connectivity index (χ1n) is 11.1.